The number of halogens is 4. The van der Waals surface area contributed by atoms with Crippen LogP contribution in [0.25, 0.3) is 16.7 Å². The smallest absolute Gasteiger partial charge is 0.416 e. The first-order valence-electron chi connectivity index (χ1n) is 12.6. The average Bonchev–Trinajstić information content (AvgIpc) is 3.62. The molecule has 0 radical (unpaired) electrons. The van der Waals surface area contributed by atoms with E-state index in [2.05, 4.69) is 35.6 Å². The van der Waals surface area contributed by atoms with Crippen LogP contribution >= 0.6 is 11.6 Å². The monoisotopic (exact) mass is 587 g/mol. The van der Waals surface area contributed by atoms with Crippen molar-refractivity contribution < 1.29 is 22.6 Å². The summed E-state index contributed by atoms with van der Waals surface area (Å²) >= 11 is 6.74. The molecule has 2 N–H and O–H groups in total. The maximum absolute atomic E-state index is 13.7. The first-order valence-corrected chi connectivity index (χ1v) is 13.0. The number of fused-ring (bicyclic) bond motifs is 2. The number of alkyl halides is 3. The summed E-state index contributed by atoms with van der Waals surface area (Å²) in [5.74, 6) is 1.55. The third-order valence-corrected chi connectivity index (χ3v) is 7.17. The Morgan fingerprint density at radius 1 is 1.07 bits per heavy atom. The Balaban J connectivity index is 1.32. The van der Waals surface area contributed by atoms with Gasteiger partial charge in [0.2, 0.25) is 5.95 Å². The number of imidazole rings is 1. The fraction of sp³-hybridized carbons (Fsp3) is 0.308. The Labute approximate surface area is 236 Å². The van der Waals surface area contributed by atoms with E-state index in [1.165, 1.54) is 18.5 Å². The highest BCUT2D eigenvalue weighted by atomic mass is 35.5. The van der Waals surface area contributed by atoms with Crippen molar-refractivity contribution in [2.75, 3.05) is 37.8 Å². The number of hydrogen-bond donors (Lipinski definition) is 2. The molecule has 4 aromatic heterocycles. The quantitative estimate of drug-likeness (QED) is 0.261. The maximum atomic E-state index is 13.7. The molecular formula is C26H25ClF3N9O2. The van der Waals surface area contributed by atoms with Crippen LogP contribution in [-0.2, 0) is 13.2 Å². The van der Waals surface area contributed by atoms with Gasteiger partial charge in [0, 0.05) is 51.3 Å². The van der Waals surface area contributed by atoms with Crippen LogP contribution in [0.15, 0.2) is 43.0 Å². The number of ether oxygens (including phenoxy) is 2. The van der Waals surface area contributed by atoms with Crippen molar-refractivity contribution >= 4 is 45.7 Å². The summed E-state index contributed by atoms with van der Waals surface area (Å²) in [7, 11) is 5.35. The summed E-state index contributed by atoms with van der Waals surface area (Å²) in [6.45, 7) is 1.46. The van der Waals surface area contributed by atoms with E-state index in [-0.39, 0.29) is 39.9 Å². The Morgan fingerprint density at radius 2 is 1.90 bits per heavy atom. The van der Waals surface area contributed by atoms with Gasteiger partial charge < -0.3 is 29.6 Å². The average molecular weight is 588 g/mol. The number of aromatic nitrogens is 6. The zero-order valence-electron chi connectivity index (χ0n) is 22.2. The van der Waals surface area contributed by atoms with E-state index in [1.54, 1.807) is 35.6 Å². The van der Waals surface area contributed by atoms with Gasteiger partial charge in [0.25, 0.3) is 0 Å². The number of aryl methyl sites for hydroxylation is 1. The van der Waals surface area contributed by atoms with E-state index in [9.17, 15) is 13.2 Å². The highest BCUT2D eigenvalue weighted by Gasteiger charge is 2.32. The first kappa shape index (κ1) is 26.9. The Bertz CT molecular complexity index is 1750. The third kappa shape index (κ3) is 5.15. The van der Waals surface area contributed by atoms with Crippen molar-refractivity contribution in [2.45, 2.75) is 18.7 Å². The van der Waals surface area contributed by atoms with Gasteiger partial charge in [0.05, 0.1) is 18.0 Å². The number of anilines is 3. The zero-order valence-corrected chi connectivity index (χ0v) is 23.0. The zero-order chi connectivity index (χ0) is 28.9. The van der Waals surface area contributed by atoms with Gasteiger partial charge in [-0.25, -0.2) is 14.5 Å². The number of pyridine rings is 1. The number of nitrogens with one attached hydrogen (secondary N) is 2. The van der Waals surface area contributed by atoms with Gasteiger partial charge >= 0.3 is 6.18 Å². The van der Waals surface area contributed by atoms with Crippen LogP contribution in [0.5, 0.6) is 17.2 Å². The van der Waals surface area contributed by atoms with Crippen molar-refractivity contribution in [3.05, 3.63) is 53.6 Å². The van der Waals surface area contributed by atoms with Crippen LogP contribution in [0, 0.1) is 0 Å². The largest absolute Gasteiger partial charge is 0.489 e. The summed E-state index contributed by atoms with van der Waals surface area (Å²) in [6.07, 6.45) is 2.22. The molecule has 0 aliphatic carbocycles. The molecule has 0 spiro atoms. The second-order valence-electron chi connectivity index (χ2n) is 9.69. The molecule has 0 unspecified atom stereocenters. The fourth-order valence-corrected chi connectivity index (χ4v) is 5.10. The molecule has 1 aliphatic heterocycles. The van der Waals surface area contributed by atoms with Gasteiger partial charge in [0.1, 0.15) is 22.4 Å². The number of hydrogen-bond acceptors (Lipinski definition) is 9. The number of likely N-dealkylation sites (N-methyl/N-ethyl adjacent to an activating group) is 1. The van der Waals surface area contributed by atoms with Gasteiger partial charge in [0.15, 0.2) is 28.5 Å². The van der Waals surface area contributed by atoms with E-state index >= 15 is 0 Å². The second-order valence-corrected chi connectivity index (χ2v) is 10.1. The first-order chi connectivity index (χ1) is 19.6. The highest BCUT2D eigenvalue weighted by Crippen LogP contribution is 2.39. The van der Waals surface area contributed by atoms with Gasteiger partial charge in [-0.3, -0.25) is 0 Å². The lowest BCUT2D eigenvalue weighted by Gasteiger charge is -2.17. The van der Waals surface area contributed by atoms with Crippen LogP contribution in [0.4, 0.5) is 30.6 Å². The summed E-state index contributed by atoms with van der Waals surface area (Å²) in [4.78, 5) is 15.2. The third-order valence-electron chi connectivity index (χ3n) is 6.80. The molecule has 15 heteroatoms. The Morgan fingerprint density at radius 3 is 2.63 bits per heavy atom. The molecule has 1 atom stereocenters. The van der Waals surface area contributed by atoms with Gasteiger partial charge in [-0.2, -0.15) is 23.3 Å². The lowest BCUT2D eigenvalue weighted by molar-refractivity contribution is -0.137. The van der Waals surface area contributed by atoms with Crippen molar-refractivity contribution in [3.63, 3.8) is 0 Å². The van der Waals surface area contributed by atoms with E-state index < -0.39 is 11.7 Å². The van der Waals surface area contributed by atoms with E-state index in [0.717, 1.165) is 25.1 Å². The predicted octanol–water partition coefficient (Wildman–Crippen LogP) is 5.34. The summed E-state index contributed by atoms with van der Waals surface area (Å²) in [5.41, 5.74) is 0.629. The predicted molar refractivity (Wildman–Crippen MR) is 147 cm³/mol. The molecule has 0 bridgehead atoms. The molecule has 1 aliphatic rings. The minimum atomic E-state index is -4.56. The molecule has 6 rings (SSSR count). The number of likely N-dealkylation sites (tertiary alicyclic amines) is 1. The molecule has 1 aromatic carbocycles. The lowest BCUT2D eigenvalue weighted by Crippen LogP contribution is -2.21. The molecule has 1 fully saturated rings. The van der Waals surface area contributed by atoms with E-state index in [1.807, 2.05) is 7.05 Å². The summed E-state index contributed by atoms with van der Waals surface area (Å²) < 4.78 is 56.4. The molecule has 1 saturated heterocycles. The van der Waals surface area contributed by atoms with Crippen molar-refractivity contribution in [1.29, 1.82) is 0 Å². The fourth-order valence-electron chi connectivity index (χ4n) is 4.80. The molecule has 5 aromatic rings. The minimum Gasteiger partial charge on any atom is -0.489 e. The van der Waals surface area contributed by atoms with Crippen molar-refractivity contribution in [1.82, 2.24) is 34.0 Å². The summed E-state index contributed by atoms with van der Waals surface area (Å²) in [5, 5.41) is 10.5. The van der Waals surface area contributed by atoms with Crippen LogP contribution in [0.3, 0.4) is 0 Å². The highest BCUT2D eigenvalue weighted by molar-refractivity contribution is 6.36. The van der Waals surface area contributed by atoms with Crippen molar-refractivity contribution in [2.24, 2.45) is 7.05 Å². The van der Waals surface area contributed by atoms with Crippen LogP contribution in [0.1, 0.15) is 12.0 Å². The molecular weight excluding hydrogens is 563 g/mol. The van der Waals surface area contributed by atoms with E-state index in [0.29, 0.717) is 29.1 Å². The normalized spacial score (nSPS) is 16.0. The Hall–Kier alpha value is -4.30. The van der Waals surface area contributed by atoms with Crippen LogP contribution in [0.2, 0.25) is 5.02 Å². The van der Waals surface area contributed by atoms with E-state index in [4.69, 9.17) is 21.1 Å². The van der Waals surface area contributed by atoms with Crippen LogP contribution in [-0.4, -0.2) is 67.3 Å². The van der Waals surface area contributed by atoms with Crippen molar-refractivity contribution in [3.8, 4) is 17.2 Å². The molecule has 0 amide bonds. The molecule has 11 nitrogen and oxygen atoms in total. The maximum Gasteiger partial charge on any atom is 0.416 e. The Kier molecular flexibility index (Phi) is 6.74. The van der Waals surface area contributed by atoms with Gasteiger partial charge in [-0.15, -0.1) is 0 Å². The standard InChI is InChI=1S/C26H25ClF3N9O2/c1-31-23-21-19(12-34-39(21)7-5-32-23)41-18-11-33-24-22(20(18)27)38(3)25(36-24)35-15-8-14(26(28,29)30)9-17(10-15)40-16-4-6-37(2)13-16/h5,7-12,16H,4,6,13H2,1-3H3,(H,31,32)(H,33,35,36)/t16-/m0/s1. The molecule has 41 heavy (non-hydrogen) atoms. The molecule has 0 saturated carbocycles. The van der Waals surface area contributed by atoms with Gasteiger partial charge in [-0.05, 0) is 25.6 Å². The summed E-state index contributed by atoms with van der Waals surface area (Å²) in [6, 6.07) is 3.54. The molecule has 5 heterocycles. The number of nitrogens with zero attached hydrogens (tertiary/aromatic N) is 7. The van der Waals surface area contributed by atoms with Gasteiger partial charge in [-0.1, -0.05) is 11.6 Å². The lowest BCUT2D eigenvalue weighted by atomic mass is 10.1. The number of rotatable bonds is 7. The second kappa shape index (κ2) is 10.3. The number of benzene rings is 1. The van der Waals surface area contributed by atoms with Crippen LogP contribution < -0.4 is 20.1 Å². The minimum absolute atomic E-state index is 0.122. The topological polar surface area (TPSA) is 107 Å². The molecule has 214 valence electrons. The SMILES string of the molecule is CNc1nccn2ncc(Oc3cnc4nc(Nc5cc(O[C@H]6CCN(C)C6)cc(C(F)(F)F)c5)n(C)c4c3Cl)c12.